The van der Waals surface area contributed by atoms with Crippen LogP contribution in [0.2, 0.25) is 0 Å². The van der Waals surface area contributed by atoms with E-state index in [-0.39, 0.29) is 36.2 Å². The third kappa shape index (κ3) is 4.93. The third-order valence-electron chi connectivity index (χ3n) is 6.00. The lowest BCUT2D eigenvalue weighted by atomic mass is 9.93. The van der Waals surface area contributed by atoms with Crippen molar-refractivity contribution >= 4 is 23.2 Å². The maximum Gasteiger partial charge on any atom is 0.231 e. The third-order valence-corrected chi connectivity index (χ3v) is 6.00. The van der Waals surface area contributed by atoms with Crippen LogP contribution in [0.5, 0.6) is 0 Å². The molecular weight excluding hydrogens is 386 g/mol. The van der Waals surface area contributed by atoms with Gasteiger partial charge in [-0.3, -0.25) is 14.6 Å². The van der Waals surface area contributed by atoms with Crippen LogP contribution in [-0.2, 0) is 22.4 Å². The number of carbonyl (C=O) groups is 2. The molecule has 31 heavy (non-hydrogen) atoms. The topological polar surface area (TPSA) is 70.6 Å². The Labute approximate surface area is 183 Å². The fraction of sp³-hybridized carbons (Fsp3) is 0.346. The number of nitrogens with one attached hydrogen (secondary N) is 2. The Kier molecular flexibility index (Phi) is 6.31. The summed E-state index contributed by atoms with van der Waals surface area (Å²) in [7, 11) is 0. The average molecular weight is 416 g/mol. The first-order valence-corrected chi connectivity index (χ1v) is 11.1. The summed E-state index contributed by atoms with van der Waals surface area (Å²) in [5.74, 6) is -0.0197. The van der Waals surface area contributed by atoms with Crippen molar-refractivity contribution in [1.29, 1.82) is 0 Å². The maximum atomic E-state index is 12.8. The molecule has 3 unspecified atom stereocenters. The lowest BCUT2D eigenvalue weighted by Gasteiger charge is -2.14. The number of hydrogen-bond acceptors (Lipinski definition) is 3. The van der Waals surface area contributed by atoms with Crippen LogP contribution in [0.25, 0.3) is 5.57 Å². The molecule has 0 radical (unpaired) electrons. The Morgan fingerprint density at radius 1 is 1.13 bits per heavy atom. The predicted molar refractivity (Wildman–Crippen MR) is 124 cm³/mol. The first kappa shape index (κ1) is 21.0. The number of aliphatic imine (C=N–C) groups is 1. The zero-order chi connectivity index (χ0) is 21.8. The molecule has 2 heterocycles. The van der Waals surface area contributed by atoms with Gasteiger partial charge in [-0.05, 0) is 48.1 Å². The largest absolute Gasteiger partial charge is 0.353 e. The SMILES string of the molecule is CCCc1cccc(C2=CC(NC(=O)C3CC(=O)NC3C)=NC2Cc2ccccc2)c1. The summed E-state index contributed by atoms with van der Waals surface area (Å²) in [4.78, 5) is 29.3. The molecule has 2 N–H and O–H groups in total. The molecule has 2 amide bonds. The number of carbonyl (C=O) groups excluding carboxylic acids is 2. The van der Waals surface area contributed by atoms with Crippen molar-refractivity contribution in [2.75, 3.05) is 0 Å². The van der Waals surface area contributed by atoms with Crippen molar-refractivity contribution in [2.45, 2.75) is 51.6 Å². The minimum absolute atomic E-state index is 0.0599. The summed E-state index contributed by atoms with van der Waals surface area (Å²) in [5.41, 5.74) is 4.77. The Bertz CT molecular complexity index is 1030. The molecule has 2 aromatic rings. The smallest absolute Gasteiger partial charge is 0.231 e. The number of amides is 2. The van der Waals surface area contributed by atoms with E-state index >= 15 is 0 Å². The molecule has 0 aliphatic carbocycles. The van der Waals surface area contributed by atoms with Gasteiger partial charge in [-0.2, -0.15) is 0 Å². The van der Waals surface area contributed by atoms with Crippen LogP contribution in [0.3, 0.4) is 0 Å². The zero-order valence-electron chi connectivity index (χ0n) is 18.1. The van der Waals surface area contributed by atoms with E-state index in [0.29, 0.717) is 5.84 Å². The zero-order valence-corrected chi connectivity index (χ0v) is 18.1. The molecule has 2 aromatic carbocycles. The molecule has 4 rings (SSSR count). The fourth-order valence-corrected chi connectivity index (χ4v) is 4.38. The van der Waals surface area contributed by atoms with Gasteiger partial charge >= 0.3 is 0 Å². The Morgan fingerprint density at radius 2 is 1.90 bits per heavy atom. The molecule has 5 nitrogen and oxygen atoms in total. The maximum absolute atomic E-state index is 12.8. The van der Waals surface area contributed by atoms with Gasteiger partial charge in [-0.15, -0.1) is 0 Å². The standard InChI is InChI=1S/C26H29N3O2/c1-3-8-18-11-7-12-20(13-18)22-15-24(28-23(22)14-19-9-5-4-6-10-19)29-26(31)21-16-25(30)27-17(21)2/h4-7,9-13,15,17,21,23H,3,8,14,16H2,1-2H3,(H,27,30)(H,28,29,31). The average Bonchev–Trinajstić information content (AvgIpc) is 3.31. The van der Waals surface area contributed by atoms with Gasteiger partial charge in [0.05, 0.1) is 12.0 Å². The van der Waals surface area contributed by atoms with Gasteiger partial charge in [0, 0.05) is 12.5 Å². The van der Waals surface area contributed by atoms with Crippen LogP contribution >= 0.6 is 0 Å². The summed E-state index contributed by atoms with van der Waals surface area (Å²) in [6, 6.07) is 18.7. The van der Waals surface area contributed by atoms with E-state index in [1.165, 1.54) is 11.1 Å². The van der Waals surface area contributed by atoms with Gasteiger partial charge in [0.15, 0.2) is 0 Å². The number of hydrogen-bond donors (Lipinski definition) is 2. The van der Waals surface area contributed by atoms with Crippen molar-refractivity contribution in [1.82, 2.24) is 10.6 Å². The van der Waals surface area contributed by atoms with E-state index < -0.39 is 0 Å². The van der Waals surface area contributed by atoms with Crippen LogP contribution in [0, 0.1) is 5.92 Å². The Morgan fingerprint density at radius 3 is 2.61 bits per heavy atom. The van der Waals surface area contributed by atoms with Crippen molar-refractivity contribution in [3.05, 3.63) is 77.4 Å². The molecule has 5 heteroatoms. The number of rotatable bonds is 6. The molecule has 1 fully saturated rings. The predicted octanol–water partition coefficient (Wildman–Crippen LogP) is 3.69. The lowest BCUT2D eigenvalue weighted by Crippen LogP contribution is -2.39. The molecule has 2 aliphatic rings. The summed E-state index contributed by atoms with van der Waals surface area (Å²) < 4.78 is 0. The summed E-state index contributed by atoms with van der Waals surface area (Å²) in [5, 5.41) is 5.78. The van der Waals surface area contributed by atoms with Gasteiger partial charge in [0.25, 0.3) is 0 Å². The monoisotopic (exact) mass is 415 g/mol. The highest BCUT2D eigenvalue weighted by Gasteiger charge is 2.35. The van der Waals surface area contributed by atoms with Crippen molar-refractivity contribution in [2.24, 2.45) is 10.9 Å². The first-order valence-electron chi connectivity index (χ1n) is 11.1. The van der Waals surface area contributed by atoms with Crippen LogP contribution in [0.4, 0.5) is 0 Å². The molecule has 0 saturated carbocycles. The van der Waals surface area contributed by atoms with E-state index in [4.69, 9.17) is 4.99 Å². The number of nitrogens with zero attached hydrogens (tertiary/aromatic N) is 1. The van der Waals surface area contributed by atoms with E-state index in [2.05, 4.69) is 54.0 Å². The Balaban J connectivity index is 1.59. The van der Waals surface area contributed by atoms with Crippen LogP contribution in [0.1, 0.15) is 43.4 Å². The van der Waals surface area contributed by atoms with Gasteiger partial charge in [0.2, 0.25) is 11.8 Å². The quantitative estimate of drug-likeness (QED) is 0.755. The first-order chi connectivity index (χ1) is 15.0. The summed E-state index contributed by atoms with van der Waals surface area (Å²) >= 11 is 0. The number of aryl methyl sites for hydroxylation is 1. The Hall–Kier alpha value is -3.21. The molecular formula is C26H29N3O2. The second-order valence-corrected chi connectivity index (χ2v) is 8.43. The number of benzene rings is 2. The van der Waals surface area contributed by atoms with Crippen molar-refractivity contribution < 1.29 is 9.59 Å². The number of amidine groups is 1. The lowest BCUT2D eigenvalue weighted by molar-refractivity contribution is -0.125. The van der Waals surface area contributed by atoms with Gasteiger partial charge in [-0.1, -0.05) is 67.9 Å². The molecule has 3 atom stereocenters. The minimum Gasteiger partial charge on any atom is -0.353 e. The summed E-state index contributed by atoms with van der Waals surface area (Å²) in [6.07, 6.45) is 5.12. The molecule has 0 bridgehead atoms. The molecule has 160 valence electrons. The fourth-order valence-electron chi connectivity index (χ4n) is 4.38. The molecule has 1 saturated heterocycles. The highest BCUT2D eigenvalue weighted by molar-refractivity contribution is 6.12. The second-order valence-electron chi connectivity index (χ2n) is 8.43. The summed E-state index contributed by atoms with van der Waals surface area (Å²) in [6.45, 7) is 4.05. The van der Waals surface area contributed by atoms with E-state index in [0.717, 1.165) is 30.4 Å². The minimum atomic E-state index is -0.367. The van der Waals surface area contributed by atoms with Crippen LogP contribution in [0.15, 0.2) is 65.7 Å². The van der Waals surface area contributed by atoms with Crippen LogP contribution in [-0.4, -0.2) is 29.7 Å². The van der Waals surface area contributed by atoms with Gasteiger partial charge in [0.1, 0.15) is 5.84 Å². The normalized spacial score (nSPS) is 22.6. The van der Waals surface area contributed by atoms with Gasteiger partial charge in [-0.25, -0.2) is 0 Å². The van der Waals surface area contributed by atoms with Crippen molar-refractivity contribution in [3.63, 3.8) is 0 Å². The van der Waals surface area contributed by atoms with E-state index in [9.17, 15) is 9.59 Å². The van der Waals surface area contributed by atoms with Crippen molar-refractivity contribution in [3.8, 4) is 0 Å². The van der Waals surface area contributed by atoms with E-state index in [1.54, 1.807) is 0 Å². The van der Waals surface area contributed by atoms with E-state index in [1.807, 2.05) is 31.2 Å². The molecule has 0 spiro atoms. The highest BCUT2D eigenvalue weighted by atomic mass is 16.2. The highest BCUT2D eigenvalue weighted by Crippen LogP contribution is 2.29. The molecule has 0 aromatic heterocycles. The second kappa shape index (κ2) is 9.29. The van der Waals surface area contributed by atoms with Gasteiger partial charge < -0.3 is 10.6 Å². The van der Waals surface area contributed by atoms with Crippen LogP contribution < -0.4 is 10.6 Å². The molecule has 2 aliphatic heterocycles.